The van der Waals surface area contributed by atoms with Gasteiger partial charge >= 0.3 is 0 Å². The maximum atomic E-state index is 14.1. The number of carbonyl (C=O) groups excluding carboxylic acids is 1. The number of rotatable bonds is 7. The van der Waals surface area contributed by atoms with Crippen LogP contribution in [0.4, 0.5) is 20.4 Å². The zero-order valence-electron chi connectivity index (χ0n) is 21.7. The molecule has 11 heteroatoms. The lowest BCUT2D eigenvalue weighted by Gasteiger charge is -2.23. The Labute approximate surface area is 217 Å². The van der Waals surface area contributed by atoms with Gasteiger partial charge < -0.3 is 20.5 Å². The van der Waals surface area contributed by atoms with Gasteiger partial charge in [0.25, 0.3) is 0 Å². The van der Waals surface area contributed by atoms with E-state index in [2.05, 4.69) is 20.6 Å². The molecule has 1 amide bonds. The SMILES string of the molecule is Cc1nc2c(OCc3cccc(F)c3F)cccn2c1-c1nc(NCC(C)(C)O)c2c(n1)NC(=O)C2(C)C. The van der Waals surface area contributed by atoms with E-state index < -0.39 is 22.7 Å². The number of nitrogens with one attached hydrogen (secondary N) is 2. The van der Waals surface area contributed by atoms with Crippen LogP contribution in [0.15, 0.2) is 36.5 Å². The second-order valence-electron chi connectivity index (χ2n) is 10.5. The highest BCUT2D eigenvalue weighted by atomic mass is 19.2. The lowest BCUT2D eigenvalue weighted by Crippen LogP contribution is -2.32. The van der Waals surface area contributed by atoms with Gasteiger partial charge in [0.15, 0.2) is 28.9 Å². The summed E-state index contributed by atoms with van der Waals surface area (Å²) in [6.45, 7) is 8.72. The van der Waals surface area contributed by atoms with Crippen LogP contribution in [-0.2, 0) is 16.8 Å². The zero-order valence-corrected chi connectivity index (χ0v) is 21.7. The highest BCUT2D eigenvalue weighted by Crippen LogP contribution is 2.42. The number of hydrogen-bond donors (Lipinski definition) is 3. The second kappa shape index (κ2) is 9.02. The van der Waals surface area contributed by atoms with Crippen molar-refractivity contribution in [1.82, 2.24) is 19.4 Å². The molecule has 3 N–H and O–H groups in total. The smallest absolute Gasteiger partial charge is 0.235 e. The molecule has 0 aliphatic carbocycles. The molecular weight excluding hydrogens is 494 g/mol. The van der Waals surface area contributed by atoms with Crippen molar-refractivity contribution < 1.29 is 23.4 Å². The molecule has 38 heavy (non-hydrogen) atoms. The number of aromatic nitrogens is 4. The van der Waals surface area contributed by atoms with Crippen molar-refractivity contribution in [3.05, 3.63) is 65.0 Å². The van der Waals surface area contributed by atoms with Crippen molar-refractivity contribution >= 4 is 23.2 Å². The Balaban J connectivity index is 1.58. The molecule has 4 aromatic rings. The maximum absolute atomic E-state index is 14.1. The van der Waals surface area contributed by atoms with Crippen LogP contribution in [0.2, 0.25) is 0 Å². The number of carbonyl (C=O) groups is 1. The van der Waals surface area contributed by atoms with Crippen LogP contribution in [0.1, 0.15) is 44.5 Å². The molecule has 1 aromatic carbocycles. The van der Waals surface area contributed by atoms with E-state index in [1.807, 2.05) is 0 Å². The second-order valence-corrected chi connectivity index (χ2v) is 10.5. The van der Waals surface area contributed by atoms with E-state index in [0.717, 1.165) is 6.07 Å². The fraction of sp³-hybridized carbons (Fsp3) is 0.333. The highest BCUT2D eigenvalue weighted by Gasteiger charge is 2.43. The fourth-order valence-electron chi connectivity index (χ4n) is 4.41. The number of halogens is 2. The van der Waals surface area contributed by atoms with Gasteiger partial charge in [-0.2, -0.15) is 0 Å². The minimum absolute atomic E-state index is 0.0818. The molecule has 198 valence electrons. The first kappa shape index (κ1) is 25.5. The van der Waals surface area contributed by atoms with E-state index in [9.17, 15) is 18.7 Å². The van der Waals surface area contributed by atoms with Crippen molar-refractivity contribution in [2.24, 2.45) is 0 Å². The van der Waals surface area contributed by atoms with Gasteiger partial charge in [0, 0.05) is 18.3 Å². The van der Waals surface area contributed by atoms with Crippen molar-refractivity contribution in [2.75, 3.05) is 17.2 Å². The summed E-state index contributed by atoms with van der Waals surface area (Å²) in [6.07, 6.45) is 1.77. The Morgan fingerprint density at radius 1 is 1.16 bits per heavy atom. The molecular formula is C27H28F2N6O3. The van der Waals surface area contributed by atoms with Crippen LogP contribution < -0.4 is 15.4 Å². The van der Waals surface area contributed by atoms with Gasteiger partial charge in [0.1, 0.15) is 23.9 Å². The molecule has 9 nitrogen and oxygen atoms in total. The van der Waals surface area contributed by atoms with Crippen LogP contribution in [0.25, 0.3) is 17.2 Å². The summed E-state index contributed by atoms with van der Waals surface area (Å²) in [6, 6.07) is 7.35. The Morgan fingerprint density at radius 3 is 2.66 bits per heavy atom. The average Bonchev–Trinajstić information content (AvgIpc) is 3.30. The summed E-state index contributed by atoms with van der Waals surface area (Å²) in [5.41, 5.74) is 0.394. The number of imidazole rings is 1. The number of pyridine rings is 1. The number of amides is 1. The lowest BCUT2D eigenvalue weighted by atomic mass is 9.87. The number of hydrogen-bond acceptors (Lipinski definition) is 7. The summed E-state index contributed by atoms with van der Waals surface area (Å²) >= 11 is 0. The molecule has 1 aliphatic rings. The molecule has 0 unspecified atom stereocenters. The third-order valence-electron chi connectivity index (χ3n) is 6.44. The summed E-state index contributed by atoms with van der Waals surface area (Å²) in [4.78, 5) is 26.8. The summed E-state index contributed by atoms with van der Waals surface area (Å²) in [5.74, 6) is -0.630. The van der Waals surface area contributed by atoms with E-state index in [1.165, 1.54) is 12.1 Å². The van der Waals surface area contributed by atoms with Crippen LogP contribution in [-0.4, -0.2) is 42.5 Å². The van der Waals surface area contributed by atoms with E-state index in [1.54, 1.807) is 57.3 Å². The molecule has 5 rings (SSSR count). The third kappa shape index (κ3) is 4.43. The monoisotopic (exact) mass is 522 g/mol. The van der Waals surface area contributed by atoms with Gasteiger partial charge in [0.05, 0.1) is 22.3 Å². The molecule has 0 bridgehead atoms. The van der Waals surface area contributed by atoms with Gasteiger partial charge in [-0.3, -0.25) is 9.20 Å². The van der Waals surface area contributed by atoms with Crippen LogP contribution in [0, 0.1) is 18.6 Å². The number of aryl methyl sites for hydroxylation is 1. The average molecular weight is 523 g/mol. The lowest BCUT2D eigenvalue weighted by molar-refractivity contribution is -0.119. The minimum Gasteiger partial charge on any atom is -0.485 e. The van der Waals surface area contributed by atoms with Crippen LogP contribution in [0.5, 0.6) is 5.75 Å². The number of anilines is 2. The predicted octanol–water partition coefficient (Wildman–Crippen LogP) is 4.37. The Kier molecular flexibility index (Phi) is 6.06. The molecule has 0 spiro atoms. The Hall–Kier alpha value is -4.12. The number of nitrogens with zero attached hydrogens (tertiary/aromatic N) is 4. The standard InChI is InChI=1S/C27H28F2N6O3/c1-14-20(23-32-21(30-13-26(2,3)37)18-22(33-23)34-25(36)27(18,4)5)35-11-7-10-17(24(35)31-14)38-12-15-8-6-9-16(28)19(15)29/h6-11,37H,12-13H2,1-5H3,(H2,30,32,33,34,36). The largest absolute Gasteiger partial charge is 0.485 e. The van der Waals surface area contributed by atoms with Gasteiger partial charge in [-0.25, -0.2) is 23.7 Å². The first-order chi connectivity index (χ1) is 17.9. The minimum atomic E-state index is -1.02. The molecule has 0 radical (unpaired) electrons. The topological polar surface area (TPSA) is 114 Å². The number of ether oxygens (including phenoxy) is 1. The normalized spacial score (nSPS) is 14.5. The van der Waals surface area contributed by atoms with Gasteiger partial charge in [0.2, 0.25) is 5.91 Å². The zero-order chi connectivity index (χ0) is 27.4. The van der Waals surface area contributed by atoms with Crippen molar-refractivity contribution in [3.8, 4) is 17.3 Å². The van der Waals surface area contributed by atoms with E-state index >= 15 is 0 Å². The number of aliphatic hydroxyl groups is 1. The molecule has 0 fully saturated rings. The molecule has 0 saturated heterocycles. The van der Waals surface area contributed by atoms with Gasteiger partial charge in [-0.15, -0.1) is 0 Å². The highest BCUT2D eigenvalue weighted by molar-refractivity contribution is 6.06. The first-order valence-electron chi connectivity index (χ1n) is 12.1. The summed E-state index contributed by atoms with van der Waals surface area (Å²) in [7, 11) is 0. The maximum Gasteiger partial charge on any atom is 0.235 e. The van der Waals surface area contributed by atoms with E-state index in [0.29, 0.717) is 45.8 Å². The van der Waals surface area contributed by atoms with E-state index in [4.69, 9.17) is 9.72 Å². The quantitative estimate of drug-likeness (QED) is 0.330. The van der Waals surface area contributed by atoms with Gasteiger partial charge in [-0.1, -0.05) is 12.1 Å². The number of benzene rings is 1. The molecule has 1 aliphatic heterocycles. The third-order valence-corrected chi connectivity index (χ3v) is 6.44. The molecule has 3 aromatic heterocycles. The fourth-order valence-corrected chi connectivity index (χ4v) is 4.41. The predicted molar refractivity (Wildman–Crippen MR) is 138 cm³/mol. The van der Waals surface area contributed by atoms with Crippen molar-refractivity contribution in [1.29, 1.82) is 0 Å². The summed E-state index contributed by atoms with van der Waals surface area (Å²) < 4.78 is 35.3. The molecule has 0 saturated carbocycles. The van der Waals surface area contributed by atoms with Crippen LogP contribution in [0.3, 0.4) is 0 Å². The Bertz CT molecular complexity index is 1580. The molecule has 4 heterocycles. The number of fused-ring (bicyclic) bond motifs is 2. The van der Waals surface area contributed by atoms with Crippen LogP contribution >= 0.6 is 0 Å². The van der Waals surface area contributed by atoms with Gasteiger partial charge in [-0.05, 0) is 52.8 Å². The van der Waals surface area contributed by atoms with Crippen molar-refractivity contribution in [2.45, 2.75) is 52.2 Å². The van der Waals surface area contributed by atoms with E-state index in [-0.39, 0.29) is 24.6 Å². The van der Waals surface area contributed by atoms with Crippen molar-refractivity contribution in [3.63, 3.8) is 0 Å². The first-order valence-corrected chi connectivity index (χ1v) is 12.1. The molecule has 0 atom stereocenters. The summed E-state index contributed by atoms with van der Waals surface area (Å²) in [5, 5.41) is 16.3. The Morgan fingerprint density at radius 2 is 1.92 bits per heavy atom.